The van der Waals surface area contributed by atoms with Crippen LogP contribution in [-0.4, -0.2) is 11.1 Å². The third-order valence-electron chi connectivity index (χ3n) is 2.62. The van der Waals surface area contributed by atoms with Crippen molar-refractivity contribution < 1.29 is 4.74 Å². The molecule has 0 spiro atoms. The predicted molar refractivity (Wildman–Crippen MR) is 83.9 cm³/mol. The van der Waals surface area contributed by atoms with Crippen LogP contribution in [0, 0.1) is 6.92 Å². The summed E-state index contributed by atoms with van der Waals surface area (Å²) in [6.45, 7) is 5.85. The zero-order chi connectivity index (χ0) is 14.7. The lowest BCUT2D eigenvalue weighted by Gasteiger charge is -2.13. The Morgan fingerprint density at radius 2 is 2.00 bits per heavy atom. The molecule has 0 bridgehead atoms. The van der Waals surface area contributed by atoms with Crippen molar-refractivity contribution in [3.05, 3.63) is 40.9 Å². The van der Waals surface area contributed by atoms with Gasteiger partial charge in [-0.1, -0.05) is 17.7 Å². The zero-order valence-corrected chi connectivity index (χ0v) is 12.5. The molecular formula is C15H18ClN3O. The third kappa shape index (κ3) is 3.54. The molecule has 0 aliphatic rings. The molecule has 1 heterocycles. The molecule has 106 valence electrons. The Balaban J connectivity index is 2.25. The Bertz CT molecular complexity index is 614. The number of anilines is 3. The second-order valence-corrected chi connectivity index (χ2v) is 5.27. The molecule has 0 aliphatic carbocycles. The van der Waals surface area contributed by atoms with Gasteiger partial charge in [0.15, 0.2) is 0 Å². The van der Waals surface area contributed by atoms with E-state index in [9.17, 15) is 0 Å². The van der Waals surface area contributed by atoms with Gasteiger partial charge in [-0.3, -0.25) is 0 Å². The Labute approximate surface area is 123 Å². The second kappa shape index (κ2) is 6.01. The maximum atomic E-state index is 6.19. The number of hydrogen-bond donors (Lipinski definition) is 2. The Hall–Kier alpha value is -1.94. The van der Waals surface area contributed by atoms with Gasteiger partial charge in [-0.25, -0.2) is 0 Å². The summed E-state index contributed by atoms with van der Waals surface area (Å²) in [6, 6.07) is 9.34. The molecule has 1 aromatic heterocycles. The number of rotatable bonds is 4. The van der Waals surface area contributed by atoms with Crippen LogP contribution in [0.5, 0.6) is 5.88 Å². The van der Waals surface area contributed by atoms with E-state index in [2.05, 4.69) is 10.3 Å². The average Bonchev–Trinajstić information content (AvgIpc) is 2.36. The quantitative estimate of drug-likeness (QED) is 0.888. The summed E-state index contributed by atoms with van der Waals surface area (Å²) in [5.74, 6) is 1.06. The molecule has 2 rings (SSSR count). The van der Waals surface area contributed by atoms with Gasteiger partial charge in [-0.05, 0) is 50.6 Å². The lowest BCUT2D eigenvalue weighted by atomic mass is 10.2. The molecule has 0 saturated carbocycles. The van der Waals surface area contributed by atoms with E-state index in [-0.39, 0.29) is 6.10 Å². The first kappa shape index (κ1) is 14.5. The summed E-state index contributed by atoms with van der Waals surface area (Å²) in [7, 11) is 0. The SMILES string of the molecule is Cc1ccc(Nc2ccc(N)c(OC(C)C)n2)c(Cl)c1. The van der Waals surface area contributed by atoms with E-state index >= 15 is 0 Å². The number of aryl methyl sites for hydroxylation is 1. The standard InChI is InChI=1S/C15H18ClN3O/c1-9(2)20-15-12(17)5-7-14(19-15)18-13-6-4-10(3)8-11(13)16/h4-9H,17H2,1-3H3,(H,18,19). The van der Waals surface area contributed by atoms with Crippen LogP contribution in [0.4, 0.5) is 17.2 Å². The minimum atomic E-state index is 0.0167. The molecule has 0 fully saturated rings. The van der Waals surface area contributed by atoms with Crippen molar-refractivity contribution >= 4 is 28.8 Å². The molecule has 20 heavy (non-hydrogen) atoms. The number of halogens is 1. The first-order valence-electron chi connectivity index (χ1n) is 6.42. The van der Waals surface area contributed by atoms with E-state index in [4.69, 9.17) is 22.1 Å². The van der Waals surface area contributed by atoms with Crippen LogP contribution in [0.1, 0.15) is 19.4 Å². The van der Waals surface area contributed by atoms with Gasteiger partial charge in [-0.15, -0.1) is 0 Å². The van der Waals surface area contributed by atoms with Crippen molar-refractivity contribution in [2.75, 3.05) is 11.1 Å². The van der Waals surface area contributed by atoms with Gasteiger partial charge in [0.25, 0.3) is 0 Å². The van der Waals surface area contributed by atoms with Crippen molar-refractivity contribution in [1.82, 2.24) is 4.98 Å². The number of aromatic nitrogens is 1. The summed E-state index contributed by atoms with van der Waals surface area (Å²) in [4.78, 5) is 4.35. The maximum absolute atomic E-state index is 6.19. The van der Waals surface area contributed by atoms with E-state index in [1.165, 1.54) is 0 Å². The molecular weight excluding hydrogens is 274 g/mol. The molecule has 4 nitrogen and oxygen atoms in total. The van der Waals surface area contributed by atoms with Crippen LogP contribution < -0.4 is 15.8 Å². The summed E-state index contributed by atoms with van der Waals surface area (Å²) in [5, 5.41) is 3.81. The topological polar surface area (TPSA) is 60.2 Å². The highest BCUT2D eigenvalue weighted by Gasteiger charge is 2.08. The van der Waals surface area contributed by atoms with Crippen LogP contribution >= 0.6 is 11.6 Å². The number of nitrogens with two attached hydrogens (primary N) is 1. The van der Waals surface area contributed by atoms with Crippen LogP contribution in [0.3, 0.4) is 0 Å². The lowest BCUT2D eigenvalue weighted by molar-refractivity contribution is 0.234. The van der Waals surface area contributed by atoms with E-state index in [1.807, 2.05) is 39.0 Å². The van der Waals surface area contributed by atoms with Crippen molar-refractivity contribution in [2.45, 2.75) is 26.9 Å². The fourth-order valence-corrected chi connectivity index (χ4v) is 1.98. The number of pyridine rings is 1. The average molecular weight is 292 g/mol. The van der Waals surface area contributed by atoms with Crippen molar-refractivity contribution in [3.8, 4) is 5.88 Å². The predicted octanol–water partition coefficient (Wildman–Crippen LogP) is 4.16. The molecule has 2 aromatic rings. The molecule has 1 aromatic carbocycles. The van der Waals surface area contributed by atoms with Gasteiger partial charge in [0.2, 0.25) is 5.88 Å². The van der Waals surface area contributed by atoms with Gasteiger partial charge in [-0.2, -0.15) is 4.98 Å². The number of nitrogens with zero attached hydrogens (tertiary/aromatic N) is 1. The third-order valence-corrected chi connectivity index (χ3v) is 2.94. The molecule has 0 atom stereocenters. The van der Waals surface area contributed by atoms with E-state index in [0.29, 0.717) is 22.4 Å². The molecule has 3 N–H and O–H groups in total. The van der Waals surface area contributed by atoms with E-state index < -0.39 is 0 Å². The highest BCUT2D eigenvalue weighted by molar-refractivity contribution is 6.33. The van der Waals surface area contributed by atoms with Crippen LogP contribution in [0.2, 0.25) is 5.02 Å². The minimum absolute atomic E-state index is 0.0167. The second-order valence-electron chi connectivity index (χ2n) is 4.87. The fraction of sp³-hybridized carbons (Fsp3) is 0.267. The first-order chi connectivity index (χ1) is 9.45. The fourth-order valence-electron chi connectivity index (χ4n) is 1.70. The number of hydrogen-bond acceptors (Lipinski definition) is 4. The lowest BCUT2D eigenvalue weighted by Crippen LogP contribution is -2.09. The summed E-state index contributed by atoms with van der Waals surface area (Å²) < 4.78 is 5.56. The first-order valence-corrected chi connectivity index (χ1v) is 6.80. The Morgan fingerprint density at radius 1 is 1.25 bits per heavy atom. The number of ether oxygens (including phenoxy) is 1. The van der Waals surface area contributed by atoms with Gasteiger partial charge >= 0.3 is 0 Å². The van der Waals surface area contributed by atoms with Gasteiger partial charge in [0.1, 0.15) is 5.82 Å². The molecule has 5 heteroatoms. The molecule has 0 amide bonds. The number of benzene rings is 1. The summed E-state index contributed by atoms with van der Waals surface area (Å²) in [6.07, 6.45) is 0.0167. The molecule has 0 saturated heterocycles. The summed E-state index contributed by atoms with van der Waals surface area (Å²) in [5.41, 5.74) is 8.26. The van der Waals surface area contributed by atoms with Gasteiger partial charge in [0, 0.05) is 0 Å². The van der Waals surface area contributed by atoms with Crippen LogP contribution in [0.25, 0.3) is 0 Å². The van der Waals surface area contributed by atoms with Gasteiger partial charge in [0.05, 0.1) is 22.5 Å². The highest BCUT2D eigenvalue weighted by atomic mass is 35.5. The zero-order valence-electron chi connectivity index (χ0n) is 11.8. The van der Waals surface area contributed by atoms with Crippen molar-refractivity contribution in [1.29, 1.82) is 0 Å². The van der Waals surface area contributed by atoms with E-state index in [0.717, 1.165) is 11.3 Å². The van der Waals surface area contributed by atoms with Crippen molar-refractivity contribution in [3.63, 3.8) is 0 Å². The largest absolute Gasteiger partial charge is 0.473 e. The van der Waals surface area contributed by atoms with Gasteiger partial charge < -0.3 is 15.8 Å². The molecule has 0 radical (unpaired) electrons. The highest BCUT2D eigenvalue weighted by Crippen LogP contribution is 2.28. The van der Waals surface area contributed by atoms with E-state index in [1.54, 1.807) is 12.1 Å². The Kier molecular flexibility index (Phi) is 4.35. The normalized spacial score (nSPS) is 10.7. The molecule has 0 aliphatic heterocycles. The minimum Gasteiger partial charge on any atom is -0.473 e. The number of nitrogens with one attached hydrogen (secondary N) is 1. The van der Waals surface area contributed by atoms with Crippen LogP contribution in [-0.2, 0) is 0 Å². The summed E-state index contributed by atoms with van der Waals surface area (Å²) >= 11 is 6.19. The monoisotopic (exact) mass is 291 g/mol. The molecule has 0 unspecified atom stereocenters. The maximum Gasteiger partial charge on any atom is 0.239 e. The Morgan fingerprint density at radius 3 is 2.65 bits per heavy atom. The smallest absolute Gasteiger partial charge is 0.239 e. The van der Waals surface area contributed by atoms with Crippen molar-refractivity contribution in [2.24, 2.45) is 0 Å². The number of nitrogen functional groups attached to an aromatic ring is 1. The van der Waals surface area contributed by atoms with Crippen LogP contribution in [0.15, 0.2) is 30.3 Å².